The van der Waals surface area contributed by atoms with Crippen LogP contribution in [0.4, 0.5) is 5.69 Å². The quantitative estimate of drug-likeness (QED) is 0.744. The Morgan fingerprint density at radius 2 is 2.17 bits per heavy atom. The lowest BCUT2D eigenvalue weighted by Gasteiger charge is -2.04. The van der Waals surface area contributed by atoms with E-state index in [1.807, 2.05) is 0 Å². The number of nitrogens with one attached hydrogen (secondary N) is 1. The van der Waals surface area contributed by atoms with Gasteiger partial charge in [-0.25, -0.2) is 0 Å². The summed E-state index contributed by atoms with van der Waals surface area (Å²) in [5.41, 5.74) is 5.85. The van der Waals surface area contributed by atoms with Gasteiger partial charge < -0.3 is 20.6 Å². The van der Waals surface area contributed by atoms with Crippen LogP contribution in [0.5, 0.6) is 5.75 Å². The number of furan rings is 1. The minimum absolute atomic E-state index is 0.0434. The summed E-state index contributed by atoms with van der Waals surface area (Å²) >= 11 is 5.73. The van der Waals surface area contributed by atoms with Crippen LogP contribution in [0.2, 0.25) is 5.02 Å². The third-order valence-corrected chi connectivity index (χ3v) is 2.59. The number of anilines is 1. The zero-order chi connectivity index (χ0) is 13.1. The number of hydrogen-bond acceptors (Lipinski definition) is 4. The molecule has 0 aliphatic rings. The van der Waals surface area contributed by atoms with Crippen molar-refractivity contribution in [2.24, 2.45) is 5.73 Å². The summed E-state index contributed by atoms with van der Waals surface area (Å²) in [4.78, 5) is 11.8. The maximum Gasteiger partial charge on any atom is 0.291 e. The summed E-state index contributed by atoms with van der Waals surface area (Å²) in [5, 5.41) is 12.0. The number of benzene rings is 1. The van der Waals surface area contributed by atoms with Gasteiger partial charge in [-0.05, 0) is 30.3 Å². The molecule has 1 heterocycles. The molecule has 0 spiro atoms. The molecule has 0 saturated heterocycles. The smallest absolute Gasteiger partial charge is 0.291 e. The molecule has 1 aromatic heterocycles. The summed E-state index contributed by atoms with van der Waals surface area (Å²) in [6.45, 7) is 0.234. The van der Waals surface area contributed by atoms with Gasteiger partial charge in [-0.15, -0.1) is 0 Å². The molecular formula is C12H11ClN2O3. The highest BCUT2D eigenvalue weighted by atomic mass is 35.5. The summed E-state index contributed by atoms with van der Waals surface area (Å²) in [5.74, 6) is 0.248. The second kappa shape index (κ2) is 5.12. The molecule has 0 aliphatic heterocycles. The lowest BCUT2D eigenvalue weighted by Crippen LogP contribution is -2.10. The number of amides is 1. The molecule has 94 valence electrons. The maximum absolute atomic E-state index is 11.8. The van der Waals surface area contributed by atoms with Crippen molar-refractivity contribution in [3.63, 3.8) is 0 Å². The number of phenols is 1. The van der Waals surface area contributed by atoms with Gasteiger partial charge in [-0.1, -0.05) is 11.6 Å². The molecule has 6 heteroatoms. The van der Waals surface area contributed by atoms with E-state index in [4.69, 9.17) is 21.8 Å². The first-order chi connectivity index (χ1) is 8.60. The van der Waals surface area contributed by atoms with Crippen molar-refractivity contribution < 1.29 is 14.3 Å². The summed E-state index contributed by atoms with van der Waals surface area (Å²) < 4.78 is 5.20. The Bertz CT molecular complexity index is 580. The summed E-state index contributed by atoms with van der Waals surface area (Å²) in [7, 11) is 0. The fourth-order valence-electron chi connectivity index (χ4n) is 1.39. The first kappa shape index (κ1) is 12.5. The van der Waals surface area contributed by atoms with E-state index in [1.54, 1.807) is 12.1 Å². The number of carbonyl (C=O) groups excluding carboxylic acids is 1. The Balaban J connectivity index is 2.13. The first-order valence-electron chi connectivity index (χ1n) is 5.19. The van der Waals surface area contributed by atoms with Crippen LogP contribution in [0, 0.1) is 0 Å². The summed E-state index contributed by atoms with van der Waals surface area (Å²) in [6.07, 6.45) is 0. The topological polar surface area (TPSA) is 88.5 Å². The lowest BCUT2D eigenvalue weighted by atomic mass is 10.3. The molecule has 4 N–H and O–H groups in total. The van der Waals surface area contributed by atoms with Crippen LogP contribution in [0.15, 0.2) is 34.7 Å². The number of phenolic OH excluding ortho intramolecular Hbond substituents is 1. The van der Waals surface area contributed by atoms with Crippen molar-refractivity contribution in [2.45, 2.75) is 6.54 Å². The van der Waals surface area contributed by atoms with Gasteiger partial charge >= 0.3 is 0 Å². The van der Waals surface area contributed by atoms with E-state index in [9.17, 15) is 9.90 Å². The van der Waals surface area contributed by atoms with E-state index >= 15 is 0 Å². The monoisotopic (exact) mass is 266 g/mol. The Morgan fingerprint density at radius 3 is 2.78 bits per heavy atom. The van der Waals surface area contributed by atoms with Crippen LogP contribution >= 0.6 is 11.6 Å². The minimum Gasteiger partial charge on any atom is -0.506 e. The Labute approximate surface area is 108 Å². The van der Waals surface area contributed by atoms with Crippen molar-refractivity contribution in [3.05, 3.63) is 46.9 Å². The van der Waals surface area contributed by atoms with Gasteiger partial charge in [0.1, 0.15) is 11.5 Å². The molecule has 18 heavy (non-hydrogen) atoms. The average Bonchev–Trinajstić information content (AvgIpc) is 2.82. The van der Waals surface area contributed by atoms with Crippen LogP contribution < -0.4 is 11.1 Å². The molecule has 0 fully saturated rings. The third-order valence-electron chi connectivity index (χ3n) is 2.29. The van der Waals surface area contributed by atoms with Crippen molar-refractivity contribution in [1.29, 1.82) is 0 Å². The number of rotatable bonds is 3. The van der Waals surface area contributed by atoms with E-state index in [1.165, 1.54) is 18.2 Å². The highest BCUT2D eigenvalue weighted by Gasteiger charge is 2.11. The molecule has 0 aliphatic carbocycles. The van der Waals surface area contributed by atoms with Gasteiger partial charge in [0.15, 0.2) is 5.76 Å². The van der Waals surface area contributed by atoms with Gasteiger partial charge in [-0.3, -0.25) is 4.79 Å². The highest BCUT2D eigenvalue weighted by molar-refractivity contribution is 6.32. The van der Waals surface area contributed by atoms with Crippen molar-refractivity contribution in [3.8, 4) is 5.75 Å². The molecule has 2 aromatic rings. The highest BCUT2D eigenvalue weighted by Crippen LogP contribution is 2.26. The molecule has 0 saturated carbocycles. The van der Waals surface area contributed by atoms with Gasteiger partial charge in [0.2, 0.25) is 0 Å². The number of halogens is 1. The van der Waals surface area contributed by atoms with Gasteiger partial charge in [0.05, 0.1) is 11.6 Å². The largest absolute Gasteiger partial charge is 0.506 e. The van der Waals surface area contributed by atoms with Gasteiger partial charge in [0, 0.05) is 5.69 Å². The molecule has 0 unspecified atom stereocenters. The van der Waals surface area contributed by atoms with Crippen LogP contribution in [-0.4, -0.2) is 11.0 Å². The molecule has 1 aromatic carbocycles. The fraction of sp³-hybridized carbons (Fsp3) is 0.0833. The van der Waals surface area contributed by atoms with Crippen molar-refractivity contribution >= 4 is 23.2 Å². The average molecular weight is 267 g/mol. The first-order valence-corrected chi connectivity index (χ1v) is 5.56. The predicted molar refractivity (Wildman–Crippen MR) is 67.7 cm³/mol. The van der Waals surface area contributed by atoms with Crippen LogP contribution in [0.1, 0.15) is 16.3 Å². The molecule has 1 amide bonds. The van der Waals surface area contributed by atoms with E-state index in [0.717, 1.165) is 0 Å². The van der Waals surface area contributed by atoms with Crippen LogP contribution in [-0.2, 0) is 6.54 Å². The fourth-order valence-corrected chi connectivity index (χ4v) is 1.57. The van der Waals surface area contributed by atoms with E-state index in [2.05, 4.69) is 5.32 Å². The van der Waals surface area contributed by atoms with E-state index < -0.39 is 5.91 Å². The Hall–Kier alpha value is -1.98. The third kappa shape index (κ3) is 2.64. The molecule has 0 atom stereocenters. The number of aromatic hydroxyl groups is 1. The Kier molecular flexibility index (Phi) is 3.55. The number of hydrogen-bond donors (Lipinski definition) is 3. The van der Waals surface area contributed by atoms with Crippen molar-refractivity contribution in [1.82, 2.24) is 0 Å². The van der Waals surface area contributed by atoms with Crippen LogP contribution in [0.3, 0.4) is 0 Å². The standard InChI is InChI=1S/C12H11ClN2O3/c13-9-5-7(1-3-10(9)16)15-12(17)11-4-2-8(6-14)18-11/h1-5,16H,6,14H2,(H,15,17). The number of nitrogens with two attached hydrogens (primary N) is 1. The van der Waals surface area contributed by atoms with E-state index in [0.29, 0.717) is 11.4 Å². The van der Waals surface area contributed by atoms with Crippen LogP contribution in [0.25, 0.3) is 0 Å². The second-order valence-corrected chi connectivity index (χ2v) is 4.00. The lowest BCUT2D eigenvalue weighted by molar-refractivity contribution is 0.0995. The zero-order valence-corrected chi connectivity index (χ0v) is 10.1. The zero-order valence-electron chi connectivity index (χ0n) is 9.31. The van der Waals surface area contributed by atoms with Crippen molar-refractivity contribution in [2.75, 3.05) is 5.32 Å². The molecule has 5 nitrogen and oxygen atoms in total. The SMILES string of the molecule is NCc1ccc(C(=O)Nc2ccc(O)c(Cl)c2)o1. The predicted octanol–water partition coefficient (Wildman–Crippen LogP) is 2.35. The minimum atomic E-state index is -0.406. The van der Waals surface area contributed by atoms with Gasteiger partial charge in [-0.2, -0.15) is 0 Å². The summed E-state index contributed by atoms with van der Waals surface area (Å²) in [6, 6.07) is 7.55. The Morgan fingerprint density at radius 1 is 1.39 bits per heavy atom. The van der Waals surface area contributed by atoms with Gasteiger partial charge in [0.25, 0.3) is 5.91 Å². The second-order valence-electron chi connectivity index (χ2n) is 3.59. The molecule has 0 radical (unpaired) electrons. The number of carbonyl (C=O) groups is 1. The molecule has 2 rings (SSSR count). The maximum atomic E-state index is 11.8. The van der Waals surface area contributed by atoms with E-state index in [-0.39, 0.29) is 23.1 Å². The molecule has 0 bridgehead atoms. The normalized spacial score (nSPS) is 10.3. The molecular weight excluding hydrogens is 256 g/mol.